The van der Waals surface area contributed by atoms with Crippen molar-refractivity contribution in [1.82, 2.24) is 0 Å². The van der Waals surface area contributed by atoms with Crippen LogP contribution < -0.4 is 5.32 Å². The van der Waals surface area contributed by atoms with E-state index in [-0.39, 0.29) is 5.91 Å². The largest absolute Gasteiger partial charge is 0.322 e. The minimum Gasteiger partial charge on any atom is -0.322 e. The molecule has 0 aromatic heterocycles. The molecule has 154 valence electrons. The summed E-state index contributed by atoms with van der Waals surface area (Å²) >= 11 is 8.10. The van der Waals surface area contributed by atoms with Gasteiger partial charge in [-0.25, -0.2) is 4.99 Å². The Morgan fingerprint density at radius 1 is 1.20 bits per heavy atom. The fraction of sp³-hybridized carbons (Fsp3) is 0.292. The quantitative estimate of drug-likeness (QED) is 0.593. The molecule has 30 heavy (non-hydrogen) atoms. The summed E-state index contributed by atoms with van der Waals surface area (Å²) < 4.78 is 0. The van der Waals surface area contributed by atoms with Crippen LogP contribution in [-0.2, 0) is 4.79 Å². The summed E-state index contributed by atoms with van der Waals surface area (Å²) in [5, 5.41) is 14.4. The first-order chi connectivity index (χ1) is 14.5. The number of carbonyl (C=O) groups is 1. The van der Waals surface area contributed by atoms with Crippen LogP contribution in [0.15, 0.2) is 64.8 Å². The molecule has 0 saturated heterocycles. The van der Waals surface area contributed by atoms with E-state index in [0.29, 0.717) is 16.3 Å². The number of allylic oxidation sites excluding steroid dienone is 1. The molecule has 4 nitrogen and oxygen atoms in total. The molecule has 6 heteroatoms. The predicted molar refractivity (Wildman–Crippen MR) is 126 cm³/mol. The molecule has 1 aliphatic rings. The lowest BCUT2D eigenvalue weighted by Crippen LogP contribution is -2.31. The third-order valence-electron chi connectivity index (χ3n) is 5.05. The zero-order valence-corrected chi connectivity index (χ0v) is 18.8. The summed E-state index contributed by atoms with van der Waals surface area (Å²) in [4.78, 5) is 18.1. The Morgan fingerprint density at radius 3 is 2.57 bits per heavy atom. The van der Waals surface area contributed by atoms with Gasteiger partial charge in [0.25, 0.3) is 5.91 Å². The molecule has 0 fully saturated rings. The summed E-state index contributed by atoms with van der Waals surface area (Å²) in [6.07, 6.45) is 0.974. The highest BCUT2D eigenvalue weighted by molar-refractivity contribution is 8.14. The van der Waals surface area contributed by atoms with Crippen molar-refractivity contribution in [2.24, 2.45) is 10.9 Å². The Morgan fingerprint density at radius 2 is 1.90 bits per heavy atom. The van der Waals surface area contributed by atoms with E-state index in [2.05, 4.69) is 23.3 Å². The molecule has 2 atom stereocenters. The van der Waals surface area contributed by atoms with Crippen LogP contribution in [0.5, 0.6) is 0 Å². The van der Waals surface area contributed by atoms with Crippen molar-refractivity contribution in [3.05, 3.63) is 76.0 Å². The second-order valence-electron chi connectivity index (χ2n) is 7.17. The highest BCUT2D eigenvalue weighted by Crippen LogP contribution is 2.43. The maximum atomic E-state index is 13.4. The lowest BCUT2D eigenvalue weighted by molar-refractivity contribution is -0.113. The van der Waals surface area contributed by atoms with E-state index >= 15 is 0 Å². The molecule has 3 rings (SSSR count). The summed E-state index contributed by atoms with van der Waals surface area (Å²) in [6, 6.07) is 17.4. The van der Waals surface area contributed by atoms with Gasteiger partial charge in [0.1, 0.15) is 5.92 Å². The topological polar surface area (TPSA) is 65.2 Å². The van der Waals surface area contributed by atoms with Gasteiger partial charge in [0.05, 0.1) is 11.1 Å². The minimum atomic E-state index is -0.567. The molecule has 1 amide bonds. The molecule has 1 aliphatic heterocycles. The van der Waals surface area contributed by atoms with E-state index in [0.717, 1.165) is 34.0 Å². The maximum absolute atomic E-state index is 13.4. The SMILES string of the molecule is CCCSC1=NC(C)=C(C(=O)Nc2ccccc2C)[C@H](c2ccccc2Cl)C1C#N. The summed E-state index contributed by atoms with van der Waals surface area (Å²) in [5.41, 5.74) is 3.58. The first-order valence-electron chi connectivity index (χ1n) is 9.91. The maximum Gasteiger partial charge on any atom is 0.254 e. The summed E-state index contributed by atoms with van der Waals surface area (Å²) in [6.45, 7) is 5.86. The van der Waals surface area contributed by atoms with Crippen molar-refractivity contribution in [2.45, 2.75) is 33.1 Å². The first kappa shape index (κ1) is 22.1. The molecule has 1 unspecified atom stereocenters. The summed E-state index contributed by atoms with van der Waals surface area (Å²) in [7, 11) is 0. The molecule has 0 spiro atoms. The third kappa shape index (κ3) is 4.61. The zero-order valence-electron chi connectivity index (χ0n) is 17.3. The predicted octanol–water partition coefficient (Wildman–Crippen LogP) is 6.34. The van der Waals surface area contributed by atoms with Gasteiger partial charge in [-0.1, -0.05) is 54.9 Å². The fourth-order valence-corrected chi connectivity index (χ4v) is 4.79. The van der Waals surface area contributed by atoms with E-state index in [4.69, 9.17) is 11.6 Å². The average Bonchev–Trinajstić information content (AvgIpc) is 2.73. The number of rotatable bonds is 5. The number of benzene rings is 2. The lowest BCUT2D eigenvalue weighted by Gasteiger charge is -2.31. The van der Waals surface area contributed by atoms with E-state index < -0.39 is 11.8 Å². The number of nitrogens with zero attached hydrogens (tertiary/aromatic N) is 2. The lowest BCUT2D eigenvalue weighted by atomic mass is 9.78. The van der Waals surface area contributed by atoms with Crippen LogP contribution in [-0.4, -0.2) is 16.7 Å². The number of thioether (sulfide) groups is 1. The van der Waals surface area contributed by atoms with E-state index in [1.165, 1.54) is 0 Å². The number of hydrogen-bond acceptors (Lipinski definition) is 4. The second kappa shape index (κ2) is 9.97. The van der Waals surface area contributed by atoms with E-state index in [1.807, 2.05) is 56.3 Å². The van der Waals surface area contributed by atoms with Gasteiger partial charge in [-0.3, -0.25) is 4.79 Å². The van der Waals surface area contributed by atoms with Crippen LogP contribution in [0.4, 0.5) is 5.69 Å². The van der Waals surface area contributed by atoms with Crippen molar-refractivity contribution >= 4 is 40.0 Å². The number of anilines is 1. The van der Waals surface area contributed by atoms with Crippen LogP contribution in [0, 0.1) is 24.2 Å². The van der Waals surface area contributed by atoms with Gasteiger partial charge in [-0.2, -0.15) is 5.26 Å². The van der Waals surface area contributed by atoms with Crippen molar-refractivity contribution in [2.75, 3.05) is 11.1 Å². The number of nitrogens with one attached hydrogen (secondary N) is 1. The van der Waals surface area contributed by atoms with Crippen LogP contribution in [0.3, 0.4) is 0 Å². The Kier molecular flexibility index (Phi) is 7.36. The molecular weight excluding hydrogens is 414 g/mol. The van der Waals surface area contributed by atoms with Gasteiger partial charge in [-0.15, -0.1) is 11.8 Å². The molecule has 0 saturated carbocycles. The third-order valence-corrected chi connectivity index (χ3v) is 6.65. The summed E-state index contributed by atoms with van der Waals surface area (Å²) in [5.74, 6) is -0.438. The van der Waals surface area contributed by atoms with Crippen molar-refractivity contribution in [1.29, 1.82) is 5.26 Å². The average molecular weight is 438 g/mol. The van der Waals surface area contributed by atoms with Crippen molar-refractivity contribution in [3.8, 4) is 6.07 Å². The first-order valence-corrected chi connectivity index (χ1v) is 11.3. The molecule has 2 aromatic carbocycles. The molecule has 1 heterocycles. The Labute approximate surface area is 187 Å². The number of carbonyl (C=O) groups excluding carboxylic acids is 1. The molecule has 1 N–H and O–H groups in total. The van der Waals surface area contributed by atoms with Gasteiger partial charge in [0, 0.05) is 27.9 Å². The zero-order chi connectivity index (χ0) is 21.7. The van der Waals surface area contributed by atoms with E-state index in [1.54, 1.807) is 17.8 Å². The van der Waals surface area contributed by atoms with Gasteiger partial charge in [0.2, 0.25) is 0 Å². The molecule has 2 aromatic rings. The monoisotopic (exact) mass is 437 g/mol. The second-order valence-corrected chi connectivity index (χ2v) is 8.69. The van der Waals surface area contributed by atoms with Gasteiger partial charge >= 0.3 is 0 Å². The van der Waals surface area contributed by atoms with Gasteiger partial charge in [-0.05, 0) is 49.3 Å². The number of halogens is 1. The number of aliphatic imine (C=N–C) groups is 1. The van der Waals surface area contributed by atoms with Crippen LogP contribution in [0.2, 0.25) is 5.02 Å². The van der Waals surface area contributed by atoms with Crippen LogP contribution in [0.25, 0.3) is 0 Å². The molecular formula is C24H24ClN3OS. The van der Waals surface area contributed by atoms with E-state index in [9.17, 15) is 10.1 Å². The van der Waals surface area contributed by atoms with Gasteiger partial charge < -0.3 is 5.32 Å². The normalized spacial score (nSPS) is 18.6. The fourth-order valence-electron chi connectivity index (χ4n) is 3.56. The number of hydrogen-bond donors (Lipinski definition) is 1. The number of amides is 1. The Bertz CT molecular complexity index is 1050. The minimum absolute atomic E-state index is 0.254. The number of aryl methyl sites for hydroxylation is 1. The number of nitriles is 1. The van der Waals surface area contributed by atoms with Crippen LogP contribution in [0.1, 0.15) is 37.3 Å². The van der Waals surface area contributed by atoms with Gasteiger partial charge in [0.15, 0.2) is 0 Å². The highest BCUT2D eigenvalue weighted by Gasteiger charge is 2.39. The Balaban J connectivity index is 2.11. The smallest absolute Gasteiger partial charge is 0.254 e. The molecule has 0 bridgehead atoms. The van der Waals surface area contributed by atoms with Crippen molar-refractivity contribution in [3.63, 3.8) is 0 Å². The Hall–Kier alpha value is -2.55. The standard InChI is InChI=1S/C24H24ClN3OS/c1-4-13-30-24-18(14-26)22(17-10-6-7-11-19(17)25)21(16(3)27-24)23(29)28-20-12-8-5-9-15(20)2/h5-12,18,22H,4,13H2,1-3H3,(H,28,29)/t18?,22-/m1/s1. The number of para-hydroxylation sites is 1. The highest BCUT2D eigenvalue weighted by atomic mass is 35.5. The van der Waals surface area contributed by atoms with Crippen molar-refractivity contribution < 1.29 is 4.79 Å². The molecule has 0 aliphatic carbocycles. The molecule has 0 radical (unpaired) electrons. The van der Waals surface area contributed by atoms with Crippen LogP contribution >= 0.6 is 23.4 Å².